The number of ether oxygens (including phenoxy) is 1. The molecule has 260 valence electrons. The molecular formula is C29H34F9IN2O5. The molecule has 6 N–H and O–H groups in total. The maximum Gasteiger partial charge on any atom is 0.457 e. The molecule has 3 aromatic rings. The van der Waals surface area contributed by atoms with E-state index in [0.29, 0.717) is 12.4 Å². The molecule has 0 atom stereocenters. The molecule has 0 saturated heterocycles. The van der Waals surface area contributed by atoms with Crippen LogP contribution in [0.5, 0.6) is 11.5 Å². The third-order valence-corrected chi connectivity index (χ3v) is 5.53. The number of rotatable bonds is 1. The third-order valence-electron chi connectivity index (χ3n) is 4.63. The first-order valence-corrected chi connectivity index (χ1v) is 13.4. The molecule has 2 aromatic carbocycles. The molecule has 0 radical (unpaired) electrons. The standard InChI is InChI=1S/C8H6F3IO.C8H8F3NO.C5H10O2.C4H3F3.C4H5NO.H2/c2*1-4-6(13)3-2-5(12)7(4)8(9,10)11;1-5(2,3)7-4-6;1-2-3-4(5,6)7;5-4-2-1-3-6-4;/h2-3,13H,1H3;2-3,13H,12H2,1H3;4H,1-3H3;1H3;1-3H,5H2;1H/i;;;;;1+1. The van der Waals surface area contributed by atoms with Crippen molar-refractivity contribution in [2.24, 2.45) is 0 Å². The highest BCUT2D eigenvalue weighted by Gasteiger charge is 2.36. The molecule has 0 aliphatic rings. The Morgan fingerprint density at radius 2 is 1.30 bits per heavy atom. The number of nitrogens with two attached hydrogens (primary N) is 2. The van der Waals surface area contributed by atoms with Crippen LogP contribution in [0, 0.1) is 29.3 Å². The molecule has 0 saturated carbocycles. The maximum atomic E-state index is 12.4. The Bertz CT molecular complexity index is 1360. The normalized spacial score (nSPS) is 10.9. The van der Waals surface area contributed by atoms with Gasteiger partial charge in [0.2, 0.25) is 0 Å². The van der Waals surface area contributed by atoms with E-state index in [1.165, 1.54) is 32.2 Å². The van der Waals surface area contributed by atoms with Crippen molar-refractivity contribution >= 4 is 40.6 Å². The van der Waals surface area contributed by atoms with E-state index in [0.717, 1.165) is 25.0 Å². The van der Waals surface area contributed by atoms with Crippen molar-refractivity contribution in [1.82, 2.24) is 0 Å². The van der Waals surface area contributed by atoms with Crippen molar-refractivity contribution in [1.29, 1.82) is 0 Å². The van der Waals surface area contributed by atoms with Gasteiger partial charge in [-0.05, 0) is 94.5 Å². The first kappa shape index (κ1) is 44.2. The smallest absolute Gasteiger partial charge is 0.457 e. The van der Waals surface area contributed by atoms with Crippen LogP contribution in [0.1, 0.15) is 51.4 Å². The fourth-order valence-corrected chi connectivity index (χ4v) is 3.58. The first-order chi connectivity index (χ1) is 20.7. The Balaban J connectivity index is -0.000000533. The highest BCUT2D eigenvalue weighted by atomic mass is 127. The van der Waals surface area contributed by atoms with E-state index in [2.05, 4.69) is 9.15 Å². The Hall–Kier alpha value is -3.95. The highest BCUT2D eigenvalue weighted by molar-refractivity contribution is 14.1. The largest absolute Gasteiger partial charge is 0.508 e. The zero-order valence-electron chi connectivity index (χ0n) is 25.2. The van der Waals surface area contributed by atoms with E-state index < -0.39 is 35.4 Å². The highest BCUT2D eigenvalue weighted by Crippen LogP contribution is 2.39. The summed E-state index contributed by atoms with van der Waals surface area (Å²) in [7, 11) is 0. The van der Waals surface area contributed by atoms with E-state index in [1.54, 1.807) is 40.6 Å². The van der Waals surface area contributed by atoms with Gasteiger partial charge in [0, 0.05) is 33.8 Å². The number of furan rings is 1. The number of carbonyl (C=O) groups excluding carboxylic acids is 1. The molecule has 7 nitrogen and oxygen atoms in total. The zero-order valence-corrected chi connectivity index (χ0v) is 27.3. The van der Waals surface area contributed by atoms with Gasteiger partial charge in [0.25, 0.3) is 6.47 Å². The van der Waals surface area contributed by atoms with Gasteiger partial charge in [-0.15, -0.1) is 0 Å². The Morgan fingerprint density at radius 1 is 0.848 bits per heavy atom. The fourth-order valence-electron chi connectivity index (χ4n) is 2.69. The molecule has 0 aliphatic heterocycles. The van der Waals surface area contributed by atoms with Crippen LogP contribution >= 0.6 is 22.6 Å². The number of anilines is 2. The summed E-state index contributed by atoms with van der Waals surface area (Å²) in [5, 5.41) is 18.1. The summed E-state index contributed by atoms with van der Waals surface area (Å²) in [6, 6.07) is 8.11. The van der Waals surface area contributed by atoms with Crippen LogP contribution in [0.15, 0.2) is 47.1 Å². The molecule has 46 heavy (non-hydrogen) atoms. The van der Waals surface area contributed by atoms with Crippen LogP contribution in [-0.2, 0) is 21.9 Å². The van der Waals surface area contributed by atoms with E-state index in [1.807, 2.05) is 20.8 Å². The minimum atomic E-state index is -4.52. The quantitative estimate of drug-likeness (QED) is 0.0483. The number of phenols is 2. The van der Waals surface area contributed by atoms with Crippen molar-refractivity contribution < 1.29 is 65.1 Å². The second kappa shape index (κ2) is 18.9. The van der Waals surface area contributed by atoms with E-state index >= 15 is 0 Å². The van der Waals surface area contributed by atoms with Crippen LogP contribution in [0.3, 0.4) is 0 Å². The van der Waals surface area contributed by atoms with Crippen LogP contribution in [0.4, 0.5) is 51.1 Å². The Kier molecular flexibility index (Phi) is 18.1. The number of nitrogen functional groups attached to an aromatic ring is 2. The zero-order chi connectivity index (χ0) is 36.7. The Labute approximate surface area is 274 Å². The lowest BCUT2D eigenvalue weighted by atomic mass is 10.1. The molecule has 0 amide bonds. The third kappa shape index (κ3) is 18.8. The lowest BCUT2D eigenvalue weighted by Gasteiger charge is -2.14. The number of hydrogen-bond acceptors (Lipinski definition) is 7. The number of hydrogen-bond donors (Lipinski definition) is 4. The van der Waals surface area contributed by atoms with Gasteiger partial charge >= 0.3 is 18.5 Å². The number of carbonyl (C=O) groups is 1. The van der Waals surface area contributed by atoms with E-state index in [4.69, 9.17) is 21.7 Å². The topological polar surface area (TPSA) is 132 Å². The summed E-state index contributed by atoms with van der Waals surface area (Å²) in [6.45, 7) is 9.49. The molecule has 0 spiro atoms. The maximum absolute atomic E-state index is 12.4. The average Bonchev–Trinajstić information content (AvgIpc) is 3.34. The van der Waals surface area contributed by atoms with Gasteiger partial charge in [0.15, 0.2) is 5.88 Å². The SMILES string of the molecule is CC#CC(F)(F)F.CC(C)(C)OC=O.Cc1c(O)ccc(I)c1C(F)(F)F.Cc1c(O)ccc(N)c1C(F)(F)F.Nc1ccco1.[2HH]. The molecule has 0 fully saturated rings. The summed E-state index contributed by atoms with van der Waals surface area (Å²) in [5.41, 5.74) is 7.48. The number of phenolic OH excluding ortho intramolecular Hbond substituents is 2. The fraction of sp³-hybridized carbons (Fsp3) is 0.345. The minimum absolute atomic E-state index is 0. The number of alkyl halides is 9. The van der Waals surface area contributed by atoms with E-state index in [-0.39, 0.29) is 33.2 Å². The van der Waals surface area contributed by atoms with Gasteiger partial charge in [-0.25, -0.2) is 0 Å². The second-order valence-electron chi connectivity index (χ2n) is 9.45. The van der Waals surface area contributed by atoms with Crippen molar-refractivity contribution in [2.75, 3.05) is 11.5 Å². The molecule has 1 heterocycles. The molecule has 1 aromatic heterocycles. The summed E-state index contributed by atoms with van der Waals surface area (Å²) in [4.78, 5) is 9.60. The summed E-state index contributed by atoms with van der Waals surface area (Å²) in [5.74, 6) is 2.51. The molecule has 17 heteroatoms. The van der Waals surface area contributed by atoms with Crippen LogP contribution in [0.25, 0.3) is 0 Å². The number of halogens is 10. The molecular weight excluding hydrogens is 754 g/mol. The Morgan fingerprint density at radius 3 is 1.52 bits per heavy atom. The molecule has 0 aliphatic carbocycles. The van der Waals surface area contributed by atoms with Gasteiger partial charge in [0.05, 0.1) is 17.4 Å². The van der Waals surface area contributed by atoms with Crippen molar-refractivity contribution in [2.45, 2.75) is 65.7 Å². The van der Waals surface area contributed by atoms with Gasteiger partial charge < -0.3 is 30.8 Å². The van der Waals surface area contributed by atoms with Crippen molar-refractivity contribution in [3.8, 4) is 23.3 Å². The van der Waals surface area contributed by atoms with Crippen molar-refractivity contribution in [3.63, 3.8) is 0 Å². The second-order valence-corrected chi connectivity index (χ2v) is 10.6. The average molecular weight is 789 g/mol. The number of benzene rings is 2. The monoisotopic (exact) mass is 789 g/mol. The predicted molar refractivity (Wildman–Crippen MR) is 164 cm³/mol. The van der Waals surface area contributed by atoms with Crippen LogP contribution in [-0.4, -0.2) is 28.5 Å². The van der Waals surface area contributed by atoms with Crippen molar-refractivity contribution in [3.05, 3.63) is 68.5 Å². The van der Waals surface area contributed by atoms with Gasteiger partial charge in [-0.1, -0.05) is 5.92 Å². The summed E-state index contributed by atoms with van der Waals surface area (Å²) in [6.07, 6.45) is -11.7. The first-order valence-electron chi connectivity index (χ1n) is 12.3. The lowest BCUT2D eigenvalue weighted by molar-refractivity contribution is -0.139. The van der Waals surface area contributed by atoms with Gasteiger partial charge in [-0.2, -0.15) is 39.5 Å². The molecule has 0 bridgehead atoms. The number of aromatic hydroxyl groups is 2. The van der Waals surface area contributed by atoms with Crippen LogP contribution in [0.2, 0.25) is 0 Å². The van der Waals surface area contributed by atoms with Gasteiger partial charge in [0.1, 0.15) is 17.1 Å². The summed E-state index contributed by atoms with van der Waals surface area (Å²) < 4.78 is 116. The van der Waals surface area contributed by atoms with Crippen LogP contribution < -0.4 is 11.5 Å². The minimum Gasteiger partial charge on any atom is -0.508 e. The lowest BCUT2D eigenvalue weighted by Crippen LogP contribution is -2.17. The molecule has 3 rings (SSSR count). The molecule has 0 unspecified atom stereocenters. The predicted octanol–water partition coefficient (Wildman–Crippen LogP) is 9.26. The van der Waals surface area contributed by atoms with Gasteiger partial charge in [-0.3, -0.25) is 4.79 Å². The summed E-state index contributed by atoms with van der Waals surface area (Å²) >= 11 is 1.60. The van der Waals surface area contributed by atoms with E-state index in [9.17, 15) is 44.3 Å².